The maximum atomic E-state index is 12.6. The van der Waals surface area contributed by atoms with E-state index in [4.69, 9.17) is 39.8 Å². The lowest BCUT2D eigenvalue weighted by molar-refractivity contribution is 0.102. The average molecular weight is 460 g/mol. The Labute approximate surface area is 186 Å². The molecule has 0 saturated heterocycles. The smallest absolute Gasteiger partial charge is 0.257 e. The lowest BCUT2D eigenvalue weighted by atomic mass is 10.1. The van der Waals surface area contributed by atoms with Crippen LogP contribution in [-0.2, 0) is 0 Å². The zero-order valence-electron chi connectivity index (χ0n) is 14.8. The highest BCUT2D eigenvalue weighted by Crippen LogP contribution is 2.33. The van der Waals surface area contributed by atoms with Crippen LogP contribution in [0.15, 0.2) is 72.1 Å². The van der Waals surface area contributed by atoms with Crippen molar-refractivity contribution in [1.29, 1.82) is 0 Å². The molecule has 0 bridgehead atoms. The van der Waals surface area contributed by atoms with E-state index in [1.165, 1.54) is 11.3 Å². The number of carbonyl (C=O) groups is 1. The summed E-state index contributed by atoms with van der Waals surface area (Å²) in [7, 11) is 0. The number of thiazole rings is 1. The number of carbonyl (C=O) groups excluding carboxylic acids is 1. The van der Waals surface area contributed by atoms with Crippen molar-refractivity contribution in [1.82, 2.24) is 4.98 Å². The molecule has 3 aromatic carbocycles. The maximum Gasteiger partial charge on any atom is 0.257 e. The van der Waals surface area contributed by atoms with Crippen molar-refractivity contribution in [2.45, 2.75) is 0 Å². The van der Waals surface area contributed by atoms with Gasteiger partial charge in [-0.15, -0.1) is 11.3 Å². The molecule has 7 heteroatoms. The number of halogens is 3. The van der Waals surface area contributed by atoms with Gasteiger partial charge in [0.1, 0.15) is 5.01 Å². The molecule has 0 unspecified atom stereocenters. The molecule has 4 aromatic rings. The molecule has 3 nitrogen and oxygen atoms in total. The first-order valence-corrected chi connectivity index (χ1v) is 10.6. The van der Waals surface area contributed by atoms with E-state index in [0.717, 1.165) is 21.8 Å². The molecule has 0 radical (unpaired) electrons. The number of aromatic nitrogens is 1. The molecule has 1 aromatic heterocycles. The first-order chi connectivity index (χ1) is 14.0. The van der Waals surface area contributed by atoms with E-state index in [9.17, 15) is 4.79 Å². The monoisotopic (exact) mass is 458 g/mol. The third kappa shape index (κ3) is 4.46. The van der Waals surface area contributed by atoms with Crippen molar-refractivity contribution in [3.63, 3.8) is 0 Å². The van der Waals surface area contributed by atoms with Gasteiger partial charge in [-0.25, -0.2) is 4.98 Å². The van der Waals surface area contributed by atoms with E-state index in [1.807, 2.05) is 53.9 Å². The SMILES string of the molecule is O=C(Nc1cccc(-c2csc(-c3ccccc3Cl)n2)c1)c1ccc(Cl)cc1Cl. The summed E-state index contributed by atoms with van der Waals surface area (Å²) < 4.78 is 0. The Morgan fingerprint density at radius 1 is 0.897 bits per heavy atom. The van der Waals surface area contributed by atoms with Crippen LogP contribution in [0.4, 0.5) is 5.69 Å². The number of benzene rings is 3. The average Bonchev–Trinajstić information content (AvgIpc) is 3.18. The normalized spacial score (nSPS) is 10.7. The molecule has 0 aliphatic carbocycles. The fraction of sp³-hybridized carbons (Fsp3) is 0. The maximum absolute atomic E-state index is 12.6. The van der Waals surface area contributed by atoms with Crippen molar-refractivity contribution in [3.8, 4) is 21.8 Å². The summed E-state index contributed by atoms with van der Waals surface area (Å²) in [5.41, 5.74) is 3.60. The van der Waals surface area contributed by atoms with Gasteiger partial charge in [-0.3, -0.25) is 4.79 Å². The minimum Gasteiger partial charge on any atom is -0.322 e. The topological polar surface area (TPSA) is 42.0 Å². The molecular formula is C22H13Cl3N2OS. The van der Waals surface area contributed by atoms with Crippen LogP contribution in [0.25, 0.3) is 21.8 Å². The van der Waals surface area contributed by atoms with Gasteiger partial charge in [-0.1, -0.05) is 65.1 Å². The molecule has 0 aliphatic heterocycles. The minimum atomic E-state index is -0.307. The molecule has 4 rings (SSSR count). The highest BCUT2D eigenvalue weighted by Gasteiger charge is 2.13. The largest absolute Gasteiger partial charge is 0.322 e. The van der Waals surface area contributed by atoms with E-state index >= 15 is 0 Å². The minimum absolute atomic E-state index is 0.301. The van der Waals surface area contributed by atoms with Crippen molar-refractivity contribution in [2.24, 2.45) is 0 Å². The Morgan fingerprint density at radius 2 is 1.72 bits per heavy atom. The molecule has 1 heterocycles. The Hall–Kier alpha value is -2.37. The molecule has 0 aliphatic rings. The van der Waals surface area contributed by atoms with Gasteiger partial charge in [0.15, 0.2) is 0 Å². The third-order valence-electron chi connectivity index (χ3n) is 4.20. The quantitative estimate of drug-likeness (QED) is 0.340. The fourth-order valence-corrected chi connectivity index (χ4v) is 4.44. The summed E-state index contributed by atoms with van der Waals surface area (Å²) in [6, 6.07) is 19.9. The number of rotatable bonds is 4. The lowest BCUT2D eigenvalue weighted by Gasteiger charge is -2.08. The first kappa shape index (κ1) is 19.9. The fourth-order valence-electron chi connectivity index (χ4n) is 2.79. The van der Waals surface area contributed by atoms with Crippen LogP contribution < -0.4 is 5.32 Å². The summed E-state index contributed by atoms with van der Waals surface area (Å²) in [4.78, 5) is 17.3. The summed E-state index contributed by atoms with van der Waals surface area (Å²) >= 11 is 19.8. The summed E-state index contributed by atoms with van der Waals surface area (Å²) in [5, 5.41) is 7.11. The molecule has 0 fully saturated rings. The van der Waals surface area contributed by atoms with Crippen LogP contribution in [0, 0.1) is 0 Å². The second-order valence-corrected chi connectivity index (χ2v) is 8.29. The third-order valence-corrected chi connectivity index (χ3v) is 5.95. The van der Waals surface area contributed by atoms with E-state index < -0.39 is 0 Å². The van der Waals surface area contributed by atoms with E-state index in [2.05, 4.69) is 5.32 Å². The van der Waals surface area contributed by atoms with Gasteiger partial charge < -0.3 is 5.32 Å². The van der Waals surface area contributed by atoms with Crippen molar-refractivity contribution in [2.75, 3.05) is 5.32 Å². The van der Waals surface area contributed by atoms with Crippen molar-refractivity contribution in [3.05, 3.63) is 92.7 Å². The number of nitrogens with zero attached hydrogens (tertiary/aromatic N) is 1. The van der Waals surface area contributed by atoms with Crippen LogP contribution in [0.1, 0.15) is 10.4 Å². The first-order valence-electron chi connectivity index (χ1n) is 8.58. The Balaban J connectivity index is 1.58. The highest BCUT2D eigenvalue weighted by atomic mass is 35.5. The van der Waals surface area contributed by atoms with E-state index in [1.54, 1.807) is 18.2 Å². The molecule has 144 valence electrons. The van der Waals surface area contributed by atoms with E-state index in [-0.39, 0.29) is 5.91 Å². The van der Waals surface area contributed by atoms with Gasteiger partial charge in [0.05, 0.1) is 21.3 Å². The number of hydrogen-bond acceptors (Lipinski definition) is 3. The Morgan fingerprint density at radius 3 is 2.52 bits per heavy atom. The van der Waals surface area contributed by atoms with E-state index in [0.29, 0.717) is 26.3 Å². The zero-order valence-corrected chi connectivity index (χ0v) is 17.9. The van der Waals surface area contributed by atoms with Gasteiger partial charge in [0.25, 0.3) is 5.91 Å². The Bertz CT molecular complexity index is 1210. The number of hydrogen-bond donors (Lipinski definition) is 1. The van der Waals surface area contributed by atoms with Gasteiger partial charge in [0.2, 0.25) is 0 Å². The van der Waals surface area contributed by atoms with Crippen LogP contribution in [-0.4, -0.2) is 10.9 Å². The Kier molecular flexibility index (Phi) is 5.88. The molecule has 29 heavy (non-hydrogen) atoms. The molecule has 0 spiro atoms. The molecular weight excluding hydrogens is 447 g/mol. The van der Waals surface area contributed by atoms with Crippen molar-refractivity contribution >= 4 is 57.7 Å². The number of nitrogens with one attached hydrogen (secondary N) is 1. The second-order valence-electron chi connectivity index (χ2n) is 6.18. The molecule has 0 atom stereocenters. The molecule has 1 amide bonds. The van der Waals surface area contributed by atoms with Crippen LogP contribution in [0.2, 0.25) is 15.1 Å². The zero-order chi connectivity index (χ0) is 20.4. The van der Waals surface area contributed by atoms with Gasteiger partial charge in [-0.05, 0) is 36.4 Å². The standard InChI is InChI=1S/C22H13Cl3N2OS/c23-14-8-9-16(19(25)11-14)21(28)26-15-5-3-4-13(10-15)20-12-29-22(27-20)17-6-1-2-7-18(17)24/h1-12H,(H,26,28). The van der Waals surface area contributed by atoms with Crippen molar-refractivity contribution < 1.29 is 4.79 Å². The van der Waals surface area contributed by atoms with Crippen LogP contribution >= 0.6 is 46.1 Å². The highest BCUT2D eigenvalue weighted by molar-refractivity contribution is 7.13. The molecule has 1 N–H and O–H groups in total. The summed E-state index contributed by atoms with van der Waals surface area (Å²) in [6.07, 6.45) is 0. The van der Waals surface area contributed by atoms with Crippen LogP contribution in [0.5, 0.6) is 0 Å². The predicted molar refractivity (Wildman–Crippen MR) is 122 cm³/mol. The van der Waals surface area contributed by atoms with Gasteiger partial charge in [-0.2, -0.15) is 0 Å². The lowest BCUT2D eigenvalue weighted by Crippen LogP contribution is -2.12. The predicted octanol–water partition coefficient (Wildman–Crippen LogP) is 7.69. The van der Waals surface area contributed by atoms with Gasteiger partial charge >= 0.3 is 0 Å². The van der Waals surface area contributed by atoms with Crippen LogP contribution in [0.3, 0.4) is 0 Å². The summed E-state index contributed by atoms with van der Waals surface area (Å²) in [6.45, 7) is 0. The van der Waals surface area contributed by atoms with Gasteiger partial charge in [0, 0.05) is 27.2 Å². The second kappa shape index (κ2) is 8.56. The number of amides is 1. The molecule has 0 saturated carbocycles. The number of anilines is 1. The summed E-state index contributed by atoms with van der Waals surface area (Å²) in [5.74, 6) is -0.307.